The smallest absolute Gasteiger partial charge is 0.328 e. The minimum Gasteiger partial charge on any atom is -0.478 e. The molecule has 0 amide bonds. The fourth-order valence-electron chi connectivity index (χ4n) is 1.44. The lowest BCUT2D eigenvalue weighted by molar-refractivity contribution is -0.131. The maximum Gasteiger partial charge on any atom is 0.328 e. The van der Waals surface area contributed by atoms with Gasteiger partial charge >= 0.3 is 5.97 Å². The van der Waals surface area contributed by atoms with Gasteiger partial charge in [-0.25, -0.2) is 17.5 Å². The summed E-state index contributed by atoms with van der Waals surface area (Å²) in [6.07, 6.45) is 4.34. The number of carboxylic acid groups (broad SMARTS) is 1. The Hall–Kier alpha value is -1.31. The summed E-state index contributed by atoms with van der Waals surface area (Å²) in [7, 11) is -1.93. The standard InChI is InChI=1S/C13H17NO4S2/c1-14(9-10-19-2)20(17,18)12-6-3-11(4-7-12)5-8-13(15)16/h3-8H,9-10H2,1-2H3,(H,15,16)/b8-5+. The molecule has 1 aromatic rings. The molecule has 110 valence electrons. The molecule has 0 radical (unpaired) electrons. The van der Waals surface area contributed by atoms with Crippen LogP contribution < -0.4 is 0 Å². The van der Waals surface area contributed by atoms with E-state index in [4.69, 9.17) is 5.11 Å². The van der Waals surface area contributed by atoms with Crippen LogP contribution in [0.25, 0.3) is 6.08 Å². The van der Waals surface area contributed by atoms with Gasteiger partial charge in [-0.3, -0.25) is 0 Å². The minimum absolute atomic E-state index is 0.202. The second kappa shape index (κ2) is 7.47. The van der Waals surface area contributed by atoms with Crippen molar-refractivity contribution in [2.24, 2.45) is 0 Å². The Labute approximate surface area is 123 Å². The van der Waals surface area contributed by atoms with Gasteiger partial charge in [0.1, 0.15) is 0 Å². The van der Waals surface area contributed by atoms with E-state index in [2.05, 4.69) is 0 Å². The monoisotopic (exact) mass is 315 g/mol. The molecule has 0 fully saturated rings. The number of benzene rings is 1. The number of carboxylic acids is 1. The number of sulfonamides is 1. The van der Waals surface area contributed by atoms with E-state index in [0.717, 1.165) is 11.8 Å². The zero-order chi connectivity index (χ0) is 15.2. The van der Waals surface area contributed by atoms with Crippen molar-refractivity contribution in [1.82, 2.24) is 4.31 Å². The number of hydrogen-bond donors (Lipinski definition) is 1. The van der Waals surface area contributed by atoms with Crippen LogP contribution in [-0.2, 0) is 14.8 Å². The molecule has 0 aliphatic rings. The van der Waals surface area contributed by atoms with Gasteiger partial charge in [0.2, 0.25) is 10.0 Å². The van der Waals surface area contributed by atoms with Gasteiger partial charge in [-0.05, 0) is 30.0 Å². The summed E-state index contributed by atoms with van der Waals surface area (Å²) in [4.78, 5) is 10.6. The molecule has 0 aromatic heterocycles. The summed E-state index contributed by atoms with van der Waals surface area (Å²) in [6.45, 7) is 0.449. The van der Waals surface area contributed by atoms with Crippen molar-refractivity contribution in [3.63, 3.8) is 0 Å². The van der Waals surface area contributed by atoms with E-state index < -0.39 is 16.0 Å². The Bertz CT molecular complexity index is 579. The number of aliphatic carboxylic acids is 1. The zero-order valence-electron chi connectivity index (χ0n) is 11.3. The first-order valence-corrected chi connectivity index (χ1v) is 8.67. The largest absolute Gasteiger partial charge is 0.478 e. The molecule has 1 aromatic carbocycles. The maximum absolute atomic E-state index is 12.2. The third-order valence-electron chi connectivity index (χ3n) is 2.62. The van der Waals surface area contributed by atoms with Crippen LogP contribution in [0.2, 0.25) is 0 Å². The van der Waals surface area contributed by atoms with E-state index in [1.54, 1.807) is 30.9 Å². The molecule has 0 aliphatic carbocycles. The molecule has 1 rings (SSSR count). The van der Waals surface area contributed by atoms with Crippen molar-refractivity contribution >= 4 is 33.8 Å². The zero-order valence-corrected chi connectivity index (χ0v) is 12.9. The lowest BCUT2D eigenvalue weighted by atomic mass is 10.2. The summed E-state index contributed by atoms with van der Waals surface area (Å²) in [5.74, 6) is -0.312. The predicted octanol–water partition coefficient (Wildman–Crippen LogP) is 1.77. The Morgan fingerprint density at radius 2 is 1.95 bits per heavy atom. The number of rotatable bonds is 7. The molecule has 0 spiro atoms. The van der Waals surface area contributed by atoms with Crippen molar-refractivity contribution in [3.05, 3.63) is 35.9 Å². The molecule has 0 unspecified atom stereocenters. The van der Waals surface area contributed by atoms with E-state index in [9.17, 15) is 13.2 Å². The molecular weight excluding hydrogens is 298 g/mol. The summed E-state index contributed by atoms with van der Waals surface area (Å²) in [5, 5.41) is 8.52. The van der Waals surface area contributed by atoms with E-state index >= 15 is 0 Å². The van der Waals surface area contributed by atoms with Crippen LogP contribution in [0.3, 0.4) is 0 Å². The van der Waals surface area contributed by atoms with Crippen molar-refractivity contribution in [2.45, 2.75) is 4.90 Å². The van der Waals surface area contributed by atoms with Gasteiger partial charge in [-0.2, -0.15) is 11.8 Å². The first-order chi connectivity index (χ1) is 9.37. The third-order valence-corrected chi connectivity index (χ3v) is 5.08. The quantitative estimate of drug-likeness (QED) is 0.776. The van der Waals surface area contributed by atoms with Crippen LogP contribution in [0.15, 0.2) is 35.2 Å². The Morgan fingerprint density at radius 3 is 2.45 bits per heavy atom. The summed E-state index contributed by atoms with van der Waals surface area (Å²) in [6, 6.07) is 6.11. The van der Waals surface area contributed by atoms with Crippen molar-refractivity contribution in [1.29, 1.82) is 0 Å². The predicted molar refractivity (Wildman–Crippen MR) is 81.3 cm³/mol. The Balaban J connectivity index is 2.89. The number of thioether (sulfide) groups is 1. The maximum atomic E-state index is 12.2. The number of carbonyl (C=O) groups is 1. The molecule has 20 heavy (non-hydrogen) atoms. The fourth-order valence-corrected chi connectivity index (χ4v) is 3.18. The molecular formula is C13H17NO4S2. The Kier molecular flexibility index (Phi) is 6.25. The molecule has 1 N–H and O–H groups in total. The lowest BCUT2D eigenvalue weighted by Crippen LogP contribution is -2.29. The van der Waals surface area contributed by atoms with Crippen molar-refractivity contribution in [2.75, 3.05) is 25.6 Å². The van der Waals surface area contributed by atoms with Crippen LogP contribution in [-0.4, -0.2) is 49.4 Å². The summed E-state index contributed by atoms with van der Waals surface area (Å²) < 4.78 is 25.8. The molecule has 0 saturated heterocycles. The van der Waals surface area contributed by atoms with Crippen LogP contribution in [0.5, 0.6) is 0 Å². The van der Waals surface area contributed by atoms with E-state index in [0.29, 0.717) is 12.1 Å². The van der Waals surface area contributed by atoms with Crippen molar-refractivity contribution in [3.8, 4) is 0 Å². The fraction of sp³-hybridized carbons (Fsp3) is 0.308. The van der Waals surface area contributed by atoms with Gasteiger partial charge in [0.05, 0.1) is 4.90 Å². The van der Waals surface area contributed by atoms with E-state index in [1.165, 1.54) is 22.5 Å². The third kappa shape index (κ3) is 4.66. The van der Waals surface area contributed by atoms with E-state index in [1.807, 2.05) is 6.26 Å². The molecule has 0 atom stereocenters. The first kappa shape index (κ1) is 16.7. The van der Waals surface area contributed by atoms with Crippen molar-refractivity contribution < 1.29 is 18.3 Å². The van der Waals surface area contributed by atoms with Gasteiger partial charge in [-0.15, -0.1) is 0 Å². The highest BCUT2D eigenvalue weighted by molar-refractivity contribution is 7.98. The second-order valence-corrected chi connectivity index (χ2v) is 7.09. The molecule has 0 bridgehead atoms. The van der Waals surface area contributed by atoms with Crippen LogP contribution in [0, 0.1) is 0 Å². The summed E-state index contributed by atoms with van der Waals surface area (Å²) >= 11 is 1.58. The summed E-state index contributed by atoms with van der Waals surface area (Å²) in [5.41, 5.74) is 0.637. The molecule has 0 aliphatic heterocycles. The number of nitrogens with zero attached hydrogens (tertiary/aromatic N) is 1. The lowest BCUT2D eigenvalue weighted by Gasteiger charge is -2.16. The van der Waals surface area contributed by atoms with Gasteiger partial charge in [0.15, 0.2) is 0 Å². The van der Waals surface area contributed by atoms with E-state index in [-0.39, 0.29) is 4.90 Å². The van der Waals surface area contributed by atoms with Gasteiger partial charge in [0, 0.05) is 25.4 Å². The molecule has 7 heteroatoms. The topological polar surface area (TPSA) is 74.7 Å². The SMILES string of the molecule is CSCCN(C)S(=O)(=O)c1ccc(/C=C/C(=O)O)cc1. The highest BCUT2D eigenvalue weighted by Crippen LogP contribution is 2.16. The highest BCUT2D eigenvalue weighted by Gasteiger charge is 2.19. The van der Waals surface area contributed by atoms with Crippen LogP contribution >= 0.6 is 11.8 Å². The molecule has 0 saturated carbocycles. The van der Waals surface area contributed by atoms with Gasteiger partial charge < -0.3 is 5.11 Å². The highest BCUT2D eigenvalue weighted by atomic mass is 32.2. The first-order valence-electron chi connectivity index (χ1n) is 5.84. The van der Waals surface area contributed by atoms with Crippen LogP contribution in [0.1, 0.15) is 5.56 Å². The average molecular weight is 315 g/mol. The van der Waals surface area contributed by atoms with Crippen LogP contribution in [0.4, 0.5) is 0 Å². The molecule has 5 nitrogen and oxygen atoms in total. The second-order valence-electron chi connectivity index (χ2n) is 4.06. The normalized spacial score (nSPS) is 12.2. The average Bonchev–Trinajstić information content (AvgIpc) is 2.42. The molecule has 0 heterocycles. The Morgan fingerprint density at radius 1 is 1.35 bits per heavy atom. The minimum atomic E-state index is -3.48. The van der Waals surface area contributed by atoms with Gasteiger partial charge in [0.25, 0.3) is 0 Å². The van der Waals surface area contributed by atoms with Gasteiger partial charge in [-0.1, -0.05) is 12.1 Å². The number of hydrogen-bond acceptors (Lipinski definition) is 4.